The molecule has 0 aliphatic heterocycles. The van der Waals surface area contributed by atoms with E-state index in [1.807, 2.05) is 18.2 Å². The maximum Gasteiger partial charge on any atom is 0.0608 e. The van der Waals surface area contributed by atoms with Crippen LogP contribution >= 0.6 is 0 Å². The molecule has 25 heavy (non-hydrogen) atoms. The van der Waals surface area contributed by atoms with Gasteiger partial charge in [0.25, 0.3) is 0 Å². The molecule has 0 N–H and O–H groups in total. The highest BCUT2D eigenvalue weighted by atomic mass is 15.1. The minimum Gasteiger partial charge on any atom is -0.288 e. The lowest BCUT2D eigenvalue weighted by Gasteiger charge is -2.20. The molecule has 124 valence electrons. The Morgan fingerprint density at radius 1 is 0.640 bits per heavy atom. The zero-order valence-electron chi connectivity index (χ0n) is 14.4. The predicted molar refractivity (Wildman–Crippen MR) is 105 cm³/mol. The largest absolute Gasteiger partial charge is 0.288 e. The van der Waals surface area contributed by atoms with Crippen LogP contribution in [0.4, 0.5) is 0 Å². The van der Waals surface area contributed by atoms with Crippen LogP contribution in [0, 0.1) is 11.8 Å². The summed E-state index contributed by atoms with van der Waals surface area (Å²) in [6.07, 6.45) is 1.04. The Hall–Kier alpha value is -2.82. The molecule has 0 aromatic heterocycles. The zero-order chi connectivity index (χ0) is 17.2. The van der Waals surface area contributed by atoms with E-state index in [2.05, 4.69) is 89.5 Å². The second kappa shape index (κ2) is 9.47. The van der Waals surface area contributed by atoms with E-state index in [9.17, 15) is 0 Å². The Morgan fingerprint density at radius 3 is 1.84 bits per heavy atom. The van der Waals surface area contributed by atoms with Crippen molar-refractivity contribution in [3.63, 3.8) is 0 Å². The number of nitrogens with zero attached hydrogens (tertiary/aromatic N) is 1. The third-order valence-corrected chi connectivity index (χ3v) is 4.12. The van der Waals surface area contributed by atoms with Crippen LogP contribution in [0.3, 0.4) is 0 Å². The van der Waals surface area contributed by atoms with Crippen molar-refractivity contribution >= 4 is 0 Å². The van der Waals surface area contributed by atoms with E-state index < -0.39 is 0 Å². The third kappa shape index (κ3) is 5.95. The van der Waals surface area contributed by atoms with Crippen molar-refractivity contribution in [3.8, 4) is 11.8 Å². The van der Waals surface area contributed by atoms with Crippen molar-refractivity contribution in [2.24, 2.45) is 0 Å². The normalized spacial score (nSPS) is 10.3. The average Bonchev–Trinajstić information content (AvgIpc) is 2.68. The van der Waals surface area contributed by atoms with Gasteiger partial charge in [0, 0.05) is 18.7 Å². The van der Waals surface area contributed by atoms with Crippen molar-refractivity contribution < 1.29 is 0 Å². The first-order chi connectivity index (χ1) is 12.4. The Balaban J connectivity index is 1.64. The topological polar surface area (TPSA) is 3.24 Å². The van der Waals surface area contributed by atoms with Crippen molar-refractivity contribution in [2.45, 2.75) is 13.0 Å². The van der Waals surface area contributed by atoms with Crippen molar-refractivity contribution in [1.29, 1.82) is 0 Å². The van der Waals surface area contributed by atoms with Gasteiger partial charge in [0.15, 0.2) is 0 Å². The molecule has 0 heterocycles. The van der Waals surface area contributed by atoms with Crippen LogP contribution < -0.4 is 0 Å². The van der Waals surface area contributed by atoms with Crippen molar-refractivity contribution in [3.05, 3.63) is 108 Å². The molecule has 0 spiro atoms. The monoisotopic (exact) mass is 325 g/mol. The van der Waals surface area contributed by atoms with E-state index in [0.717, 1.165) is 31.6 Å². The molecule has 0 bridgehead atoms. The molecule has 3 aromatic rings. The second-order valence-corrected chi connectivity index (χ2v) is 6.10. The van der Waals surface area contributed by atoms with Gasteiger partial charge in [-0.15, -0.1) is 0 Å². The second-order valence-electron chi connectivity index (χ2n) is 6.10. The van der Waals surface area contributed by atoms with Crippen LogP contribution in [-0.2, 0) is 13.0 Å². The molecule has 1 heteroatoms. The number of rotatable bonds is 6. The molecule has 0 saturated heterocycles. The molecule has 0 aliphatic rings. The number of benzene rings is 3. The molecular weight excluding hydrogens is 302 g/mol. The van der Waals surface area contributed by atoms with E-state index >= 15 is 0 Å². The van der Waals surface area contributed by atoms with Gasteiger partial charge >= 0.3 is 0 Å². The lowest BCUT2D eigenvalue weighted by molar-refractivity contribution is 0.303. The first-order valence-electron chi connectivity index (χ1n) is 8.74. The van der Waals surface area contributed by atoms with Gasteiger partial charge in [-0.05, 0) is 29.7 Å². The van der Waals surface area contributed by atoms with Gasteiger partial charge in [0.1, 0.15) is 0 Å². The highest BCUT2D eigenvalue weighted by molar-refractivity contribution is 5.33. The molecule has 1 nitrogen and oxygen atoms in total. The quantitative estimate of drug-likeness (QED) is 0.589. The average molecular weight is 325 g/mol. The van der Waals surface area contributed by atoms with Gasteiger partial charge in [-0.25, -0.2) is 0 Å². The lowest BCUT2D eigenvalue weighted by Crippen LogP contribution is -2.26. The first kappa shape index (κ1) is 17.0. The molecule has 0 amide bonds. The van der Waals surface area contributed by atoms with Gasteiger partial charge in [-0.3, -0.25) is 4.90 Å². The Morgan fingerprint density at radius 2 is 1.20 bits per heavy atom. The van der Waals surface area contributed by atoms with E-state index in [1.54, 1.807) is 0 Å². The Labute approximate surface area is 150 Å². The van der Waals surface area contributed by atoms with Gasteiger partial charge in [-0.2, -0.15) is 0 Å². The molecule has 3 rings (SSSR count). The Bertz CT molecular complexity index is 798. The van der Waals surface area contributed by atoms with E-state index in [-0.39, 0.29) is 0 Å². The third-order valence-electron chi connectivity index (χ3n) is 4.12. The highest BCUT2D eigenvalue weighted by Crippen LogP contribution is 2.07. The highest BCUT2D eigenvalue weighted by Gasteiger charge is 2.05. The number of hydrogen-bond donors (Lipinski definition) is 0. The van der Waals surface area contributed by atoms with Crippen LogP contribution in [0.2, 0.25) is 0 Å². The van der Waals surface area contributed by atoms with Crippen LogP contribution in [0.25, 0.3) is 0 Å². The Kier molecular flexibility index (Phi) is 6.45. The predicted octanol–water partition coefficient (Wildman–Crippen LogP) is 4.78. The van der Waals surface area contributed by atoms with Gasteiger partial charge in [0.05, 0.1) is 6.54 Å². The molecule has 0 radical (unpaired) electrons. The molecule has 0 unspecified atom stereocenters. The van der Waals surface area contributed by atoms with Crippen LogP contribution in [0.15, 0.2) is 91.0 Å². The lowest BCUT2D eigenvalue weighted by atomic mass is 10.1. The minimum absolute atomic E-state index is 0.774. The summed E-state index contributed by atoms with van der Waals surface area (Å²) in [7, 11) is 0. The van der Waals surface area contributed by atoms with Crippen LogP contribution in [0.5, 0.6) is 0 Å². The molecule has 0 aliphatic carbocycles. The van der Waals surface area contributed by atoms with Crippen molar-refractivity contribution in [2.75, 3.05) is 13.1 Å². The van der Waals surface area contributed by atoms with E-state index in [4.69, 9.17) is 0 Å². The summed E-state index contributed by atoms with van der Waals surface area (Å²) in [5, 5.41) is 0. The van der Waals surface area contributed by atoms with Gasteiger partial charge < -0.3 is 0 Å². The van der Waals surface area contributed by atoms with E-state index in [1.165, 1.54) is 11.1 Å². The fraction of sp³-hybridized carbons (Fsp3) is 0.167. The zero-order valence-corrected chi connectivity index (χ0v) is 14.4. The summed E-state index contributed by atoms with van der Waals surface area (Å²) in [6.45, 7) is 2.70. The van der Waals surface area contributed by atoms with Gasteiger partial charge in [0.2, 0.25) is 0 Å². The SMILES string of the molecule is C(#Cc1ccccc1)CN(CCc1ccccc1)Cc1ccccc1. The minimum atomic E-state index is 0.774. The van der Waals surface area contributed by atoms with E-state index in [0.29, 0.717) is 0 Å². The molecule has 0 atom stereocenters. The first-order valence-corrected chi connectivity index (χ1v) is 8.74. The van der Waals surface area contributed by atoms with Crippen LogP contribution in [-0.4, -0.2) is 18.0 Å². The maximum absolute atomic E-state index is 3.33. The molecule has 3 aromatic carbocycles. The molecule has 0 saturated carbocycles. The summed E-state index contributed by atoms with van der Waals surface area (Å²) >= 11 is 0. The summed E-state index contributed by atoms with van der Waals surface area (Å²) < 4.78 is 0. The fourth-order valence-electron chi connectivity index (χ4n) is 2.76. The van der Waals surface area contributed by atoms with Crippen molar-refractivity contribution in [1.82, 2.24) is 4.90 Å². The van der Waals surface area contributed by atoms with Gasteiger partial charge in [-0.1, -0.05) is 90.7 Å². The smallest absolute Gasteiger partial charge is 0.0608 e. The molecule has 0 fully saturated rings. The summed E-state index contributed by atoms with van der Waals surface area (Å²) in [4.78, 5) is 2.41. The fourth-order valence-corrected chi connectivity index (χ4v) is 2.76. The molecular formula is C24H23N. The summed E-state index contributed by atoms with van der Waals surface area (Å²) in [5.74, 6) is 6.60. The maximum atomic E-state index is 3.33. The summed E-state index contributed by atoms with van der Waals surface area (Å²) in [5.41, 5.74) is 3.78. The number of hydrogen-bond acceptors (Lipinski definition) is 1. The standard InChI is InChI=1S/C24H23N/c1-4-11-22(12-5-1)17-10-19-25(21-24-15-8-3-9-16-24)20-18-23-13-6-2-7-14-23/h1-9,11-16H,18-21H2. The summed E-state index contributed by atoms with van der Waals surface area (Å²) in [6, 6.07) is 31.5. The van der Waals surface area contributed by atoms with Crippen LogP contribution in [0.1, 0.15) is 16.7 Å².